The van der Waals surface area contributed by atoms with Crippen LogP contribution in [0.25, 0.3) is 10.9 Å². The Morgan fingerprint density at radius 2 is 1.82 bits per heavy atom. The third kappa shape index (κ3) is 2.96. The van der Waals surface area contributed by atoms with Crippen LogP contribution in [0.1, 0.15) is 16.8 Å². The minimum absolute atomic E-state index is 0. The Bertz CT molecular complexity index is 766. The molecule has 3 nitrogen and oxygen atoms in total. The molecule has 0 spiro atoms. The highest BCUT2D eigenvalue weighted by molar-refractivity contribution is 5.87. The normalized spacial score (nSPS) is 10.6. The van der Waals surface area contributed by atoms with Gasteiger partial charge in [-0.25, -0.2) is 0 Å². The number of benzene rings is 2. The summed E-state index contributed by atoms with van der Waals surface area (Å²) in [4.78, 5) is 0. The maximum Gasteiger partial charge on any atom is 0.116 e. The van der Waals surface area contributed by atoms with E-state index in [1.165, 1.54) is 16.8 Å². The Labute approximate surface area is 136 Å². The van der Waals surface area contributed by atoms with Gasteiger partial charge in [-0.3, -0.25) is 0 Å². The minimum Gasteiger partial charge on any atom is -0.508 e. The molecule has 3 rings (SSSR count). The molecule has 22 heavy (non-hydrogen) atoms. The van der Waals surface area contributed by atoms with Gasteiger partial charge in [-0.15, -0.1) is 12.4 Å². The molecule has 0 radical (unpaired) electrons. The molecule has 3 aromatic rings. The zero-order valence-electron chi connectivity index (χ0n) is 12.6. The number of halogens is 1. The number of nitrogens with zero attached hydrogens (tertiary/aromatic N) is 1. The number of fused-ring (bicyclic) bond motifs is 1. The largest absolute Gasteiger partial charge is 0.508 e. The average molecular weight is 317 g/mol. The first-order valence-electron chi connectivity index (χ1n) is 7.25. The lowest BCUT2D eigenvalue weighted by Gasteiger charge is -2.09. The van der Waals surface area contributed by atoms with Gasteiger partial charge in [-0.2, -0.15) is 0 Å². The van der Waals surface area contributed by atoms with Crippen LogP contribution in [0.5, 0.6) is 5.75 Å². The predicted molar refractivity (Wildman–Crippen MR) is 93.9 cm³/mol. The van der Waals surface area contributed by atoms with Crippen molar-refractivity contribution in [1.82, 2.24) is 4.57 Å². The van der Waals surface area contributed by atoms with Gasteiger partial charge in [0, 0.05) is 23.1 Å². The second-order valence-electron chi connectivity index (χ2n) is 5.38. The summed E-state index contributed by atoms with van der Waals surface area (Å²) in [6, 6.07) is 16.0. The molecule has 0 amide bonds. The third-order valence-electron chi connectivity index (χ3n) is 4.02. The number of phenols is 1. The van der Waals surface area contributed by atoms with Crippen LogP contribution in [0.4, 0.5) is 0 Å². The number of nitrogens with two attached hydrogens (primary N) is 1. The van der Waals surface area contributed by atoms with Crippen molar-refractivity contribution >= 4 is 23.3 Å². The quantitative estimate of drug-likeness (QED) is 0.772. The van der Waals surface area contributed by atoms with E-state index in [1.54, 1.807) is 6.07 Å². The fraction of sp³-hybridized carbons (Fsp3) is 0.222. The first kappa shape index (κ1) is 16.4. The van der Waals surface area contributed by atoms with Gasteiger partial charge in [0.15, 0.2) is 0 Å². The van der Waals surface area contributed by atoms with Gasteiger partial charge in [0.1, 0.15) is 5.75 Å². The summed E-state index contributed by atoms with van der Waals surface area (Å²) in [5, 5.41) is 10.9. The highest BCUT2D eigenvalue weighted by Gasteiger charge is 2.14. The molecule has 0 aliphatic heterocycles. The number of aromatic hydroxyl groups is 1. The van der Waals surface area contributed by atoms with E-state index in [4.69, 9.17) is 5.73 Å². The summed E-state index contributed by atoms with van der Waals surface area (Å²) in [5.74, 6) is 0.303. The zero-order valence-corrected chi connectivity index (χ0v) is 13.4. The van der Waals surface area contributed by atoms with Crippen molar-refractivity contribution in [3.63, 3.8) is 0 Å². The van der Waals surface area contributed by atoms with E-state index in [9.17, 15) is 5.11 Å². The topological polar surface area (TPSA) is 51.2 Å². The highest BCUT2D eigenvalue weighted by Crippen LogP contribution is 2.30. The number of aromatic nitrogens is 1. The lowest BCUT2D eigenvalue weighted by Crippen LogP contribution is -2.05. The Morgan fingerprint density at radius 3 is 2.50 bits per heavy atom. The molecule has 1 aromatic heterocycles. The van der Waals surface area contributed by atoms with E-state index < -0.39 is 0 Å². The second-order valence-corrected chi connectivity index (χ2v) is 5.38. The van der Waals surface area contributed by atoms with Crippen LogP contribution in [0.3, 0.4) is 0 Å². The van der Waals surface area contributed by atoms with Crippen molar-refractivity contribution in [1.29, 1.82) is 0 Å². The maximum atomic E-state index is 9.77. The minimum atomic E-state index is 0. The maximum absolute atomic E-state index is 9.77. The number of hydrogen-bond acceptors (Lipinski definition) is 2. The van der Waals surface area contributed by atoms with Gasteiger partial charge in [-0.1, -0.05) is 30.3 Å². The molecule has 0 saturated carbocycles. The lowest BCUT2D eigenvalue weighted by molar-refractivity contribution is 0.476. The Kier molecular flexibility index (Phi) is 5.11. The van der Waals surface area contributed by atoms with E-state index in [2.05, 4.69) is 35.8 Å². The van der Waals surface area contributed by atoms with E-state index in [0.717, 1.165) is 23.9 Å². The summed E-state index contributed by atoms with van der Waals surface area (Å²) in [5.41, 5.74) is 10.6. The van der Waals surface area contributed by atoms with Crippen LogP contribution in [0.2, 0.25) is 0 Å². The molecule has 3 N–H and O–H groups in total. The van der Waals surface area contributed by atoms with Gasteiger partial charge in [0.05, 0.1) is 0 Å². The molecule has 0 fully saturated rings. The van der Waals surface area contributed by atoms with Gasteiger partial charge < -0.3 is 15.4 Å². The first-order valence-corrected chi connectivity index (χ1v) is 7.25. The van der Waals surface area contributed by atoms with Crippen LogP contribution in [0.15, 0.2) is 48.5 Å². The molecular formula is C18H21ClN2O. The fourth-order valence-electron chi connectivity index (χ4n) is 2.97. The SMILES string of the molecule is Cc1c(CCN)c2cc(O)ccc2n1Cc1ccccc1.Cl. The number of rotatable bonds is 4. The molecular weight excluding hydrogens is 296 g/mol. The van der Waals surface area contributed by atoms with Crippen molar-refractivity contribution in [3.05, 3.63) is 65.4 Å². The Hall–Kier alpha value is -1.97. The number of phenolic OH excluding ortho intramolecular Hbond substituents is 1. The van der Waals surface area contributed by atoms with E-state index in [0.29, 0.717) is 12.3 Å². The van der Waals surface area contributed by atoms with E-state index >= 15 is 0 Å². The second kappa shape index (κ2) is 6.86. The lowest BCUT2D eigenvalue weighted by atomic mass is 10.1. The van der Waals surface area contributed by atoms with Crippen molar-refractivity contribution in [2.45, 2.75) is 19.9 Å². The summed E-state index contributed by atoms with van der Waals surface area (Å²) < 4.78 is 2.30. The van der Waals surface area contributed by atoms with Gasteiger partial charge in [-0.05, 0) is 49.2 Å². The molecule has 0 bridgehead atoms. The molecule has 0 unspecified atom stereocenters. The molecule has 0 aliphatic carbocycles. The molecule has 4 heteroatoms. The predicted octanol–water partition coefficient (Wildman–Crippen LogP) is 3.63. The van der Waals surface area contributed by atoms with Crippen molar-refractivity contribution in [3.8, 4) is 5.75 Å². The summed E-state index contributed by atoms with van der Waals surface area (Å²) in [6.07, 6.45) is 0.827. The monoisotopic (exact) mass is 316 g/mol. The van der Waals surface area contributed by atoms with Crippen molar-refractivity contribution in [2.75, 3.05) is 6.54 Å². The van der Waals surface area contributed by atoms with Crippen LogP contribution in [-0.2, 0) is 13.0 Å². The molecule has 2 aromatic carbocycles. The average Bonchev–Trinajstić information content (AvgIpc) is 2.74. The molecule has 0 atom stereocenters. The molecule has 1 heterocycles. The van der Waals surface area contributed by atoms with Gasteiger partial charge >= 0.3 is 0 Å². The third-order valence-corrected chi connectivity index (χ3v) is 4.02. The molecule has 116 valence electrons. The first-order chi connectivity index (χ1) is 10.2. The Balaban J connectivity index is 0.00000176. The number of hydrogen-bond donors (Lipinski definition) is 2. The Morgan fingerprint density at radius 1 is 1.09 bits per heavy atom. The van der Waals surface area contributed by atoms with Crippen LogP contribution in [-0.4, -0.2) is 16.2 Å². The fourth-order valence-corrected chi connectivity index (χ4v) is 2.97. The van der Waals surface area contributed by atoms with E-state index in [-0.39, 0.29) is 12.4 Å². The van der Waals surface area contributed by atoms with Gasteiger partial charge in [0.2, 0.25) is 0 Å². The van der Waals surface area contributed by atoms with Crippen LogP contribution < -0.4 is 5.73 Å². The van der Waals surface area contributed by atoms with Gasteiger partial charge in [0.25, 0.3) is 0 Å². The van der Waals surface area contributed by atoms with Crippen LogP contribution >= 0.6 is 12.4 Å². The molecule has 0 aliphatic rings. The summed E-state index contributed by atoms with van der Waals surface area (Å²) in [6.45, 7) is 3.57. The van der Waals surface area contributed by atoms with Crippen molar-refractivity contribution in [2.24, 2.45) is 5.73 Å². The van der Waals surface area contributed by atoms with E-state index in [1.807, 2.05) is 18.2 Å². The van der Waals surface area contributed by atoms with Crippen molar-refractivity contribution < 1.29 is 5.11 Å². The molecule has 0 saturated heterocycles. The highest BCUT2D eigenvalue weighted by atomic mass is 35.5. The smallest absolute Gasteiger partial charge is 0.116 e. The zero-order chi connectivity index (χ0) is 14.8. The van der Waals surface area contributed by atoms with Crippen LogP contribution in [0, 0.1) is 6.92 Å². The summed E-state index contributed by atoms with van der Waals surface area (Å²) in [7, 11) is 0. The summed E-state index contributed by atoms with van der Waals surface area (Å²) >= 11 is 0. The standard InChI is InChI=1S/C18H20N2O.ClH/c1-13-16(9-10-19)17-11-15(21)7-8-18(17)20(13)12-14-5-3-2-4-6-14;/h2-8,11,21H,9-10,12,19H2,1H3;1H.